The van der Waals surface area contributed by atoms with E-state index in [2.05, 4.69) is 10.6 Å². The molecule has 3 rings (SSSR count). The molecule has 1 aliphatic heterocycles. The maximum Gasteiger partial charge on any atom is 0.325 e. The zero-order valence-corrected chi connectivity index (χ0v) is 17.0. The van der Waals surface area contributed by atoms with Crippen LogP contribution in [0.3, 0.4) is 0 Å². The predicted octanol–water partition coefficient (Wildman–Crippen LogP) is 3.25. The van der Waals surface area contributed by atoms with Crippen LogP contribution in [0.5, 0.6) is 0 Å². The Hall–Kier alpha value is -3.15. The van der Waals surface area contributed by atoms with E-state index in [-0.39, 0.29) is 30.3 Å². The van der Waals surface area contributed by atoms with Gasteiger partial charge >= 0.3 is 6.03 Å². The fourth-order valence-electron chi connectivity index (χ4n) is 3.85. The molecule has 2 N–H and O–H groups in total. The van der Waals surface area contributed by atoms with Crippen molar-refractivity contribution in [3.05, 3.63) is 71.8 Å². The number of rotatable bonds is 7. The Labute approximate surface area is 171 Å². The highest BCUT2D eigenvalue weighted by molar-refractivity contribution is 6.08. The zero-order valence-electron chi connectivity index (χ0n) is 17.0. The maximum atomic E-state index is 12.8. The quantitative estimate of drug-likeness (QED) is 0.709. The largest absolute Gasteiger partial charge is 0.344 e. The van der Waals surface area contributed by atoms with E-state index in [9.17, 15) is 14.4 Å². The van der Waals surface area contributed by atoms with Crippen LogP contribution in [-0.4, -0.2) is 34.8 Å². The minimum atomic E-state index is -0.968. The Morgan fingerprint density at radius 2 is 1.52 bits per heavy atom. The van der Waals surface area contributed by atoms with Crippen LogP contribution in [0.25, 0.3) is 0 Å². The van der Waals surface area contributed by atoms with Crippen LogP contribution < -0.4 is 10.6 Å². The molecule has 1 atom stereocenters. The number of nitrogens with zero attached hydrogens (tertiary/aromatic N) is 1. The molecular formula is C23H27N3O3. The molecule has 1 saturated heterocycles. The molecule has 4 amide bonds. The molecule has 0 aromatic heterocycles. The molecule has 2 aromatic rings. The summed E-state index contributed by atoms with van der Waals surface area (Å²) in [6, 6.07) is 18.3. The summed E-state index contributed by atoms with van der Waals surface area (Å²) in [5, 5.41) is 5.71. The van der Waals surface area contributed by atoms with Gasteiger partial charge in [-0.3, -0.25) is 14.5 Å². The number of urea groups is 1. The molecule has 0 aliphatic carbocycles. The van der Waals surface area contributed by atoms with E-state index in [0.717, 1.165) is 16.0 Å². The first-order valence-electron chi connectivity index (χ1n) is 9.83. The number of nitrogens with one attached hydrogen (secondary N) is 2. The van der Waals surface area contributed by atoms with Crippen molar-refractivity contribution in [3.63, 3.8) is 0 Å². The number of hydrogen-bond acceptors (Lipinski definition) is 3. The van der Waals surface area contributed by atoms with Crippen LogP contribution in [-0.2, 0) is 9.59 Å². The van der Waals surface area contributed by atoms with E-state index in [1.165, 1.54) is 0 Å². The van der Waals surface area contributed by atoms with Crippen molar-refractivity contribution in [1.29, 1.82) is 0 Å². The van der Waals surface area contributed by atoms with E-state index < -0.39 is 11.6 Å². The number of hydrogen-bond donors (Lipinski definition) is 2. The first-order valence-corrected chi connectivity index (χ1v) is 9.83. The Kier molecular flexibility index (Phi) is 6.01. The van der Waals surface area contributed by atoms with Crippen LogP contribution in [0.2, 0.25) is 0 Å². The molecule has 1 fully saturated rings. The summed E-state index contributed by atoms with van der Waals surface area (Å²) in [5.41, 5.74) is 0.881. The van der Waals surface area contributed by atoms with Crippen molar-refractivity contribution < 1.29 is 14.4 Å². The molecule has 0 bridgehead atoms. The lowest BCUT2D eigenvalue weighted by molar-refractivity contribution is -0.135. The third kappa shape index (κ3) is 4.65. The normalized spacial score (nSPS) is 19.0. The molecule has 6 heteroatoms. The van der Waals surface area contributed by atoms with Crippen molar-refractivity contribution in [2.24, 2.45) is 5.92 Å². The van der Waals surface area contributed by atoms with Crippen LogP contribution in [0.1, 0.15) is 44.4 Å². The van der Waals surface area contributed by atoms with Gasteiger partial charge in [-0.1, -0.05) is 74.5 Å². The van der Waals surface area contributed by atoms with Crippen molar-refractivity contribution in [2.75, 3.05) is 6.54 Å². The summed E-state index contributed by atoms with van der Waals surface area (Å²) in [4.78, 5) is 39.0. The summed E-state index contributed by atoms with van der Waals surface area (Å²) < 4.78 is 0. The van der Waals surface area contributed by atoms with Gasteiger partial charge < -0.3 is 10.6 Å². The van der Waals surface area contributed by atoms with E-state index in [0.29, 0.717) is 6.42 Å². The number of imide groups is 1. The third-order valence-electron chi connectivity index (χ3n) is 5.03. The number of carbonyl (C=O) groups excluding carboxylic acids is 3. The molecule has 0 saturated carbocycles. The van der Waals surface area contributed by atoms with Crippen molar-refractivity contribution >= 4 is 17.8 Å². The predicted molar refractivity (Wildman–Crippen MR) is 111 cm³/mol. The van der Waals surface area contributed by atoms with Gasteiger partial charge in [-0.05, 0) is 30.4 Å². The van der Waals surface area contributed by atoms with E-state index in [4.69, 9.17) is 0 Å². The Morgan fingerprint density at radius 1 is 1.00 bits per heavy atom. The lowest BCUT2D eigenvalue weighted by atomic mass is 9.91. The highest BCUT2D eigenvalue weighted by Gasteiger charge is 2.48. The molecule has 152 valence electrons. The van der Waals surface area contributed by atoms with Gasteiger partial charge in [0.1, 0.15) is 12.1 Å². The average Bonchev–Trinajstić information content (AvgIpc) is 2.89. The lowest BCUT2D eigenvalue weighted by Gasteiger charge is -2.24. The summed E-state index contributed by atoms with van der Waals surface area (Å²) >= 11 is 0. The molecule has 1 unspecified atom stereocenters. The van der Waals surface area contributed by atoms with Gasteiger partial charge in [0.2, 0.25) is 5.91 Å². The summed E-state index contributed by atoms with van der Waals surface area (Å²) in [6.45, 7) is 5.38. The average molecular weight is 393 g/mol. The Balaban J connectivity index is 1.76. The minimum absolute atomic E-state index is 0.235. The molecule has 29 heavy (non-hydrogen) atoms. The standard InChI is InChI=1S/C23H27N3O3/c1-16(2)14-23(3)21(28)26(22(29)25-23)15-19(27)24-20(17-10-6-4-7-11-17)18-12-8-5-9-13-18/h4-13,16,20H,14-15H2,1-3H3,(H,24,27)(H,25,29). The monoisotopic (exact) mass is 393 g/mol. The van der Waals surface area contributed by atoms with Crippen LogP contribution in [0.4, 0.5) is 4.79 Å². The van der Waals surface area contributed by atoms with Crippen molar-refractivity contribution in [2.45, 2.75) is 38.8 Å². The van der Waals surface area contributed by atoms with E-state index in [1.807, 2.05) is 74.5 Å². The molecule has 0 radical (unpaired) electrons. The SMILES string of the molecule is CC(C)CC1(C)NC(=O)N(CC(=O)NC(c2ccccc2)c2ccccc2)C1=O. The maximum absolute atomic E-state index is 12.8. The fourth-order valence-corrected chi connectivity index (χ4v) is 3.85. The first kappa shape index (κ1) is 20.6. The second kappa shape index (κ2) is 8.47. The van der Waals surface area contributed by atoms with Crippen LogP contribution in [0.15, 0.2) is 60.7 Å². The summed E-state index contributed by atoms with van der Waals surface area (Å²) in [6.07, 6.45) is 0.520. The number of amides is 4. The summed E-state index contributed by atoms with van der Waals surface area (Å²) in [7, 11) is 0. The van der Waals surface area contributed by atoms with Crippen LogP contribution >= 0.6 is 0 Å². The fraction of sp³-hybridized carbons (Fsp3) is 0.348. The van der Waals surface area contributed by atoms with Gasteiger partial charge in [0.25, 0.3) is 5.91 Å². The van der Waals surface area contributed by atoms with E-state index in [1.54, 1.807) is 6.92 Å². The second-order valence-electron chi connectivity index (χ2n) is 8.07. The Morgan fingerprint density at radius 3 is 2.00 bits per heavy atom. The second-order valence-corrected chi connectivity index (χ2v) is 8.07. The molecular weight excluding hydrogens is 366 g/mol. The molecule has 0 spiro atoms. The highest BCUT2D eigenvalue weighted by atomic mass is 16.2. The molecule has 1 heterocycles. The van der Waals surface area contributed by atoms with Gasteiger partial charge in [-0.2, -0.15) is 0 Å². The van der Waals surface area contributed by atoms with Gasteiger partial charge in [0.15, 0.2) is 0 Å². The lowest BCUT2D eigenvalue weighted by Crippen LogP contribution is -2.46. The Bertz CT molecular complexity index is 843. The van der Waals surface area contributed by atoms with Gasteiger partial charge in [0.05, 0.1) is 6.04 Å². The highest BCUT2D eigenvalue weighted by Crippen LogP contribution is 2.25. The minimum Gasteiger partial charge on any atom is -0.344 e. The summed E-state index contributed by atoms with van der Waals surface area (Å²) in [5.74, 6) is -0.513. The van der Waals surface area contributed by atoms with Gasteiger partial charge in [0, 0.05) is 0 Å². The van der Waals surface area contributed by atoms with Gasteiger partial charge in [-0.25, -0.2) is 4.79 Å². The molecule has 2 aromatic carbocycles. The smallest absolute Gasteiger partial charge is 0.325 e. The first-order chi connectivity index (χ1) is 13.8. The number of benzene rings is 2. The zero-order chi connectivity index (χ0) is 21.0. The third-order valence-corrected chi connectivity index (χ3v) is 5.03. The van der Waals surface area contributed by atoms with Gasteiger partial charge in [-0.15, -0.1) is 0 Å². The van der Waals surface area contributed by atoms with E-state index >= 15 is 0 Å². The van der Waals surface area contributed by atoms with Crippen molar-refractivity contribution in [1.82, 2.24) is 15.5 Å². The van der Waals surface area contributed by atoms with Crippen LogP contribution in [0, 0.1) is 5.92 Å². The van der Waals surface area contributed by atoms with Crippen molar-refractivity contribution in [3.8, 4) is 0 Å². The number of carbonyl (C=O) groups is 3. The molecule has 6 nitrogen and oxygen atoms in total. The molecule has 1 aliphatic rings. The topological polar surface area (TPSA) is 78.5 Å².